The summed E-state index contributed by atoms with van der Waals surface area (Å²) in [4.78, 5) is 10.6. The Balaban J connectivity index is 1.80. The van der Waals surface area contributed by atoms with Crippen molar-refractivity contribution in [3.63, 3.8) is 0 Å². The first-order valence-corrected chi connectivity index (χ1v) is 6.52. The Morgan fingerprint density at radius 1 is 1.44 bits per heavy atom. The number of ether oxygens (including phenoxy) is 1. The average Bonchev–Trinajstić information content (AvgIpc) is 2.72. The van der Waals surface area contributed by atoms with Crippen molar-refractivity contribution in [1.82, 2.24) is 14.9 Å². The highest BCUT2D eigenvalue weighted by molar-refractivity contribution is 4.99. The molecule has 0 spiro atoms. The van der Waals surface area contributed by atoms with E-state index in [2.05, 4.69) is 14.9 Å². The lowest BCUT2D eigenvalue weighted by Crippen LogP contribution is -2.26. The maximum atomic E-state index is 10.0. The Morgan fingerprint density at radius 2 is 2.33 bits per heavy atom. The van der Waals surface area contributed by atoms with E-state index < -0.39 is 0 Å². The highest BCUT2D eigenvalue weighted by atomic mass is 16.5. The van der Waals surface area contributed by atoms with Crippen LogP contribution in [0.1, 0.15) is 12.6 Å². The van der Waals surface area contributed by atoms with Crippen molar-refractivity contribution in [3.05, 3.63) is 24.3 Å². The molecule has 0 radical (unpaired) electrons. The topological polar surface area (TPSA) is 58.5 Å². The smallest absolute Gasteiger partial charge is 0.0711 e. The number of aliphatic hydroxyl groups excluding tert-OH is 1. The van der Waals surface area contributed by atoms with Crippen molar-refractivity contribution < 1.29 is 9.84 Å². The number of hydrogen-bond acceptors (Lipinski definition) is 5. The second kappa shape index (κ2) is 6.78. The standard InChI is InChI=1S/C13H21N3O2/c1-2-18-6-5-16-9-11(13(17)10-16)7-12-8-14-3-4-15-12/h3-4,8,11,13,17H,2,5-7,9-10H2,1H3/t11-,13-/m1/s1. The molecule has 1 aliphatic heterocycles. The van der Waals surface area contributed by atoms with E-state index in [0.29, 0.717) is 0 Å². The van der Waals surface area contributed by atoms with Crippen molar-refractivity contribution in [2.75, 3.05) is 32.8 Å². The number of rotatable bonds is 6. The molecule has 18 heavy (non-hydrogen) atoms. The third-order valence-electron chi connectivity index (χ3n) is 3.33. The molecule has 100 valence electrons. The summed E-state index contributed by atoms with van der Waals surface area (Å²) in [5, 5.41) is 10.0. The Bertz CT molecular complexity index is 347. The van der Waals surface area contributed by atoms with Crippen LogP contribution in [0, 0.1) is 5.92 Å². The van der Waals surface area contributed by atoms with Gasteiger partial charge in [0.1, 0.15) is 0 Å². The van der Waals surface area contributed by atoms with Crippen LogP contribution in [0.3, 0.4) is 0 Å². The molecule has 1 aliphatic rings. The Hall–Kier alpha value is -1.04. The summed E-state index contributed by atoms with van der Waals surface area (Å²) in [7, 11) is 0. The molecule has 0 saturated carbocycles. The quantitative estimate of drug-likeness (QED) is 0.739. The van der Waals surface area contributed by atoms with Crippen molar-refractivity contribution in [3.8, 4) is 0 Å². The van der Waals surface area contributed by atoms with Gasteiger partial charge in [0.15, 0.2) is 0 Å². The van der Waals surface area contributed by atoms with Gasteiger partial charge >= 0.3 is 0 Å². The minimum atomic E-state index is -0.270. The van der Waals surface area contributed by atoms with Crippen LogP contribution in [-0.4, -0.2) is 58.9 Å². The van der Waals surface area contributed by atoms with Gasteiger partial charge in [0, 0.05) is 50.7 Å². The van der Waals surface area contributed by atoms with E-state index in [9.17, 15) is 5.11 Å². The minimum absolute atomic E-state index is 0.253. The van der Waals surface area contributed by atoms with E-state index in [4.69, 9.17) is 4.74 Å². The normalized spacial score (nSPS) is 24.6. The zero-order valence-electron chi connectivity index (χ0n) is 10.8. The number of aliphatic hydroxyl groups is 1. The van der Waals surface area contributed by atoms with E-state index >= 15 is 0 Å². The van der Waals surface area contributed by atoms with Crippen LogP contribution in [-0.2, 0) is 11.2 Å². The Kier molecular flexibility index (Phi) is 5.04. The largest absolute Gasteiger partial charge is 0.391 e. The summed E-state index contributed by atoms with van der Waals surface area (Å²) in [6.45, 7) is 6.01. The highest BCUT2D eigenvalue weighted by Gasteiger charge is 2.31. The molecule has 0 aromatic carbocycles. The molecule has 2 atom stereocenters. The fourth-order valence-corrected chi connectivity index (χ4v) is 2.37. The molecule has 5 heteroatoms. The molecule has 1 fully saturated rings. The molecule has 0 bridgehead atoms. The van der Waals surface area contributed by atoms with Gasteiger partial charge in [0.05, 0.1) is 18.4 Å². The molecule has 2 heterocycles. The minimum Gasteiger partial charge on any atom is -0.391 e. The lowest BCUT2D eigenvalue weighted by molar-refractivity contribution is 0.112. The first-order chi connectivity index (χ1) is 8.79. The first-order valence-electron chi connectivity index (χ1n) is 6.52. The fraction of sp³-hybridized carbons (Fsp3) is 0.692. The molecular formula is C13H21N3O2. The van der Waals surface area contributed by atoms with Crippen molar-refractivity contribution >= 4 is 0 Å². The van der Waals surface area contributed by atoms with Crippen LogP contribution < -0.4 is 0 Å². The van der Waals surface area contributed by atoms with Gasteiger partial charge in [-0.3, -0.25) is 14.9 Å². The summed E-state index contributed by atoms with van der Waals surface area (Å²) in [6.07, 6.45) is 5.66. The number of aromatic nitrogens is 2. The summed E-state index contributed by atoms with van der Waals surface area (Å²) in [6, 6.07) is 0. The van der Waals surface area contributed by atoms with Gasteiger partial charge in [-0.1, -0.05) is 0 Å². The van der Waals surface area contributed by atoms with Crippen LogP contribution in [0.5, 0.6) is 0 Å². The second-order valence-electron chi connectivity index (χ2n) is 4.68. The summed E-state index contributed by atoms with van der Waals surface area (Å²) in [5.41, 5.74) is 0.952. The molecular weight excluding hydrogens is 230 g/mol. The van der Waals surface area contributed by atoms with Gasteiger partial charge in [0.25, 0.3) is 0 Å². The van der Waals surface area contributed by atoms with Crippen LogP contribution in [0.2, 0.25) is 0 Å². The summed E-state index contributed by atoms with van der Waals surface area (Å²) in [5.74, 6) is 0.253. The molecule has 0 amide bonds. The maximum Gasteiger partial charge on any atom is 0.0711 e. The first kappa shape index (κ1) is 13.4. The summed E-state index contributed by atoms with van der Waals surface area (Å²) < 4.78 is 5.34. The second-order valence-corrected chi connectivity index (χ2v) is 4.68. The molecule has 1 aromatic rings. The van der Waals surface area contributed by atoms with Crippen LogP contribution in [0.4, 0.5) is 0 Å². The predicted octanol–water partition coefficient (Wildman–Crippen LogP) is 0.348. The Labute approximate surface area is 108 Å². The number of hydrogen-bond donors (Lipinski definition) is 1. The maximum absolute atomic E-state index is 10.0. The van der Waals surface area contributed by atoms with Crippen LogP contribution >= 0.6 is 0 Å². The van der Waals surface area contributed by atoms with Gasteiger partial charge in [0.2, 0.25) is 0 Å². The SMILES string of the molecule is CCOCCN1C[C@@H](Cc2cnccn2)[C@H](O)C1. The van der Waals surface area contributed by atoms with Gasteiger partial charge < -0.3 is 9.84 Å². The molecule has 0 unspecified atom stereocenters. The third-order valence-corrected chi connectivity index (χ3v) is 3.33. The molecule has 1 saturated heterocycles. The number of β-amino-alcohol motifs (C(OH)–C–C–N with tert-alkyl or cyclic N) is 1. The fourth-order valence-electron chi connectivity index (χ4n) is 2.37. The van der Waals surface area contributed by atoms with Crippen LogP contribution in [0.15, 0.2) is 18.6 Å². The van der Waals surface area contributed by atoms with E-state index in [0.717, 1.165) is 45.0 Å². The zero-order chi connectivity index (χ0) is 12.8. The van der Waals surface area contributed by atoms with Gasteiger partial charge in [-0.2, -0.15) is 0 Å². The summed E-state index contributed by atoms with van der Waals surface area (Å²) >= 11 is 0. The van der Waals surface area contributed by atoms with Crippen molar-refractivity contribution in [1.29, 1.82) is 0 Å². The third kappa shape index (κ3) is 3.73. The Morgan fingerprint density at radius 3 is 3.06 bits per heavy atom. The van der Waals surface area contributed by atoms with E-state index in [1.54, 1.807) is 18.6 Å². The van der Waals surface area contributed by atoms with Crippen LogP contribution in [0.25, 0.3) is 0 Å². The molecule has 5 nitrogen and oxygen atoms in total. The van der Waals surface area contributed by atoms with Gasteiger partial charge in [-0.15, -0.1) is 0 Å². The van der Waals surface area contributed by atoms with Gasteiger partial charge in [-0.25, -0.2) is 0 Å². The highest BCUT2D eigenvalue weighted by Crippen LogP contribution is 2.20. The molecule has 1 aromatic heterocycles. The lowest BCUT2D eigenvalue weighted by atomic mass is 10.0. The zero-order valence-corrected chi connectivity index (χ0v) is 10.8. The average molecular weight is 251 g/mol. The lowest BCUT2D eigenvalue weighted by Gasteiger charge is -2.14. The number of nitrogens with zero attached hydrogens (tertiary/aromatic N) is 3. The van der Waals surface area contributed by atoms with E-state index in [1.807, 2.05) is 6.92 Å². The van der Waals surface area contributed by atoms with E-state index in [1.165, 1.54) is 0 Å². The van der Waals surface area contributed by atoms with Gasteiger partial charge in [-0.05, 0) is 13.3 Å². The van der Waals surface area contributed by atoms with Crippen molar-refractivity contribution in [2.24, 2.45) is 5.92 Å². The number of likely N-dealkylation sites (tertiary alicyclic amines) is 1. The molecule has 1 N–H and O–H groups in total. The molecule has 0 aliphatic carbocycles. The monoisotopic (exact) mass is 251 g/mol. The predicted molar refractivity (Wildman–Crippen MR) is 68.2 cm³/mol. The molecule has 2 rings (SSSR count). The van der Waals surface area contributed by atoms with E-state index in [-0.39, 0.29) is 12.0 Å². The van der Waals surface area contributed by atoms with Crippen molar-refractivity contribution in [2.45, 2.75) is 19.4 Å².